The summed E-state index contributed by atoms with van der Waals surface area (Å²) in [6.07, 6.45) is 0. The maximum atomic E-state index is 9.44. The van der Waals surface area contributed by atoms with E-state index in [1.807, 2.05) is 0 Å². The van der Waals surface area contributed by atoms with Crippen LogP contribution in [0.1, 0.15) is 5.56 Å². The second kappa shape index (κ2) is 5.38. The van der Waals surface area contributed by atoms with Crippen LogP contribution in [0.25, 0.3) is 0 Å². The minimum atomic E-state index is -0.00490. The van der Waals surface area contributed by atoms with Crippen LogP contribution in [0.15, 0.2) is 36.4 Å². The molecule has 2 rings (SSSR count). The fourth-order valence-electron chi connectivity index (χ4n) is 1.45. The third-order valence-electron chi connectivity index (χ3n) is 2.44. The summed E-state index contributed by atoms with van der Waals surface area (Å²) in [5, 5.41) is 10.5. The molecule has 0 spiro atoms. The van der Waals surface area contributed by atoms with Gasteiger partial charge in [-0.3, -0.25) is 0 Å². The molecule has 5 heteroatoms. The average Bonchev–Trinajstić information content (AvgIpc) is 2.33. The number of anilines is 1. The van der Waals surface area contributed by atoms with Gasteiger partial charge in [-0.05, 0) is 24.3 Å². The van der Waals surface area contributed by atoms with Gasteiger partial charge in [0, 0.05) is 15.6 Å². The standard InChI is InChI=1S/C13H11Cl2NO2/c14-9-5-4-8(10(15)6-9)7-18-12-3-1-2-11(17)13(12)16/h1-6,17H,7,16H2. The van der Waals surface area contributed by atoms with Crippen molar-refractivity contribution in [2.24, 2.45) is 0 Å². The number of rotatable bonds is 3. The molecule has 0 saturated carbocycles. The van der Waals surface area contributed by atoms with Gasteiger partial charge >= 0.3 is 0 Å². The lowest BCUT2D eigenvalue weighted by atomic mass is 10.2. The van der Waals surface area contributed by atoms with E-state index < -0.39 is 0 Å². The van der Waals surface area contributed by atoms with Gasteiger partial charge in [-0.1, -0.05) is 35.3 Å². The van der Waals surface area contributed by atoms with E-state index in [1.54, 1.807) is 30.3 Å². The van der Waals surface area contributed by atoms with Gasteiger partial charge in [-0.2, -0.15) is 0 Å². The van der Waals surface area contributed by atoms with Gasteiger partial charge in [0.05, 0.1) is 0 Å². The Hall–Kier alpha value is -1.58. The highest BCUT2D eigenvalue weighted by Crippen LogP contribution is 2.31. The first-order valence-electron chi connectivity index (χ1n) is 5.22. The van der Waals surface area contributed by atoms with Crippen LogP contribution in [-0.4, -0.2) is 5.11 Å². The summed E-state index contributed by atoms with van der Waals surface area (Å²) in [5.74, 6) is 0.413. The highest BCUT2D eigenvalue weighted by Gasteiger charge is 2.07. The van der Waals surface area contributed by atoms with Crippen LogP contribution >= 0.6 is 23.2 Å². The van der Waals surface area contributed by atoms with Crippen molar-refractivity contribution in [3.63, 3.8) is 0 Å². The van der Waals surface area contributed by atoms with Crippen molar-refractivity contribution in [1.29, 1.82) is 0 Å². The molecule has 0 aromatic heterocycles. The van der Waals surface area contributed by atoms with E-state index in [0.717, 1.165) is 5.56 Å². The van der Waals surface area contributed by atoms with Gasteiger partial charge < -0.3 is 15.6 Å². The van der Waals surface area contributed by atoms with Crippen LogP contribution in [-0.2, 0) is 6.61 Å². The van der Waals surface area contributed by atoms with Gasteiger partial charge in [-0.15, -0.1) is 0 Å². The van der Waals surface area contributed by atoms with E-state index in [2.05, 4.69) is 0 Å². The Morgan fingerprint density at radius 1 is 1.17 bits per heavy atom. The van der Waals surface area contributed by atoms with Gasteiger partial charge in [0.15, 0.2) is 0 Å². The molecule has 3 nitrogen and oxygen atoms in total. The summed E-state index contributed by atoms with van der Waals surface area (Å²) in [6.45, 7) is 0.254. The molecule has 0 aliphatic heterocycles. The number of benzene rings is 2. The predicted molar refractivity (Wildman–Crippen MR) is 73.3 cm³/mol. The quantitative estimate of drug-likeness (QED) is 0.664. The molecule has 0 aliphatic rings. The van der Waals surface area contributed by atoms with Crippen molar-refractivity contribution in [3.05, 3.63) is 52.0 Å². The second-order valence-corrected chi connectivity index (χ2v) is 4.56. The maximum Gasteiger partial charge on any atom is 0.146 e. The Morgan fingerprint density at radius 2 is 1.94 bits per heavy atom. The molecule has 0 heterocycles. The molecular formula is C13H11Cl2NO2. The van der Waals surface area contributed by atoms with Gasteiger partial charge in [0.2, 0.25) is 0 Å². The Balaban J connectivity index is 2.14. The van der Waals surface area contributed by atoms with Gasteiger partial charge in [0.1, 0.15) is 23.8 Å². The number of hydrogen-bond donors (Lipinski definition) is 2. The minimum Gasteiger partial charge on any atom is -0.506 e. The van der Waals surface area contributed by atoms with Crippen molar-refractivity contribution >= 4 is 28.9 Å². The van der Waals surface area contributed by atoms with E-state index in [-0.39, 0.29) is 18.0 Å². The molecule has 0 radical (unpaired) electrons. The Labute approximate surface area is 115 Å². The second-order valence-electron chi connectivity index (χ2n) is 3.71. The zero-order chi connectivity index (χ0) is 13.1. The SMILES string of the molecule is Nc1c(O)cccc1OCc1ccc(Cl)cc1Cl. The Bertz CT molecular complexity index is 573. The zero-order valence-electron chi connectivity index (χ0n) is 9.36. The number of phenols is 1. The molecule has 0 saturated heterocycles. The third kappa shape index (κ3) is 2.81. The van der Waals surface area contributed by atoms with Crippen LogP contribution in [0.2, 0.25) is 10.0 Å². The summed E-state index contributed by atoms with van der Waals surface area (Å²) in [6, 6.07) is 10.00. The summed E-state index contributed by atoms with van der Waals surface area (Å²) in [4.78, 5) is 0. The van der Waals surface area contributed by atoms with Crippen molar-refractivity contribution in [2.45, 2.75) is 6.61 Å². The van der Waals surface area contributed by atoms with Gasteiger partial charge in [0.25, 0.3) is 0 Å². The number of nitrogen functional groups attached to an aromatic ring is 1. The monoisotopic (exact) mass is 283 g/mol. The average molecular weight is 284 g/mol. The maximum absolute atomic E-state index is 9.44. The summed E-state index contributed by atoms with van der Waals surface area (Å²) < 4.78 is 5.51. The number of para-hydroxylation sites is 1. The molecule has 18 heavy (non-hydrogen) atoms. The summed E-state index contributed by atoms with van der Waals surface area (Å²) in [5.41, 5.74) is 6.69. The molecule has 0 bridgehead atoms. The van der Waals surface area contributed by atoms with Crippen molar-refractivity contribution < 1.29 is 9.84 Å². The first-order valence-corrected chi connectivity index (χ1v) is 5.97. The molecule has 2 aromatic rings. The molecular weight excluding hydrogens is 273 g/mol. The number of hydrogen-bond acceptors (Lipinski definition) is 3. The lowest BCUT2D eigenvalue weighted by Gasteiger charge is -2.10. The Kier molecular flexibility index (Phi) is 3.84. The fraction of sp³-hybridized carbons (Fsp3) is 0.0769. The number of nitrogens with two attached hydrogens (primary N) is 1. The third-order valence-corrected chi connectivity index (χ3v) is 3.03. The molecule has 0 fully saturated rings. The van der Waals surface area contributed by atoms with Crippen LogP contribution in [0, 0.1) is 0 Å². The topological polar surface area (TPSA) is 55.5 Å². The number of phenolic OH excluding ortho intramolecular Hbond substituents is 1. The highest BCUT2D eigenvalue weighted by molar-refractivity contribution is 6.35. The van der Waals surface area contributed by atoms with Crippen LogP contribution in [0.3, 0.4) is 0 Å². The lowest BCUT2D eigenvalue weighted by molar-refractivity contribution is 0.306. The lowest BCUT2D eigenvalue weighted by Crippen LogP contribution is -1.99. The number of halogens is 2. The number of ether oxygens (including phenoxy) is 1. The molecule has 3 N–H and O–H groups in total. The van der Waals surface area contributed by atoms with Crippen molar-refractivity contribution in [1.82, 2.24) is 0 Å². The zero-order valence-corrected chi connectivity index (χ0v) is 10.9. The fourth-order valence-corrected chi connectivity index (χ4v) is 1.92. The largest absolute Gasteiger partial charge is 0.506 e. The summed E-state index contributed by atoms with van der Waals surface area (Å²) in [7, 11) is 0. The summed E-state index contributed by atoms with van der Waals surface area (Å²) >= 11 is 11.8. The highest BCUT2D eigenvalue weighted by atomic mass is 35.5. The first kappa shape index (κ1) is 12.9. The van der Waals surface area contributed by atoms with Crippen LogP contribution in [0.5, 0.6) is 11.5 Å². The molecule has 0 unspecified atom stereocenters. The van der Waals surface area contributed by atoms with Gasteiger partial charge in [-0.25, -0.2) is 0 Å². The minimum absolute atomic E-state index is 0.00490. The molecule has 94 valence electrons. The first-order chi connectivity index (χ1) is 8.58. The van der Waals surface area contributed by atoms with E-state index in [0.29, 0.717) is 15.8 Å². The predicted octanol–water partition coefficient (Wildman–Crippen LogP) is 3.86. The van der Waals surface area contributed by atoms with Crippen molar-refractivity contribution in [3.8, 4) is 11.5 Å². The van der Waals surface area contributed by atoms with Crippen LogP contribution in [0.4, 0.5) is 5.69 Å². The number of aromatic hydroxyl groups is 1. The van der Waals surface area contributed by atoms with E-state index in [1.165, 1.54) is 6.07 Å². The van der Waals surface area contributed by atoms with Crippen LogP contribution < -0.4 is 10.5 Å². The molecule has 0 atom stereocenters. The molecule has 0 aliphatic carbocycles. The normalized spacial score (nSPS) is 10.3. The van der Waals surface area contributed by atoms with E-state index >= 15 is 0 Å². The van der Waals surface area contributed by atoms with E-state index in [4.69, 9.17) is 33.7 Å². The Morgan fingerprint density at radius 3 is 2.67 bits per heavy atom. The molecule has 0 amide bonds. The smallest absolute Gasteiger partial charge is 0.146 e. The van der Waals surface area contributed by atoms with Crippen molar-refractivity contribution in [2.75, 3.05) is 5.73 Å². The van der Waals surface area contributed by atoms with E-state index in [9.17, 15) is 5.11 Å². The molecule has 2 aromatic carbocycles.